The van der Waals surface area contributed by atoms with Crippen LogP contribution in [-0.4, -0.2) is 52.9 Å². The van der Waals surface area contributed by atoms with Crippen molar-refractivity contribution in [2.75, 3.05) is 0 Å². The molecular weight excluding hydrogens is 732 g/mol. The summed E-state index contributed by atoms with van der Waals surface area (Å²) in [6.45, 7) is 0. The Labute approximate surface area is 258 Å². The normalized spacial score (nSPS) is 33.1. The van der Waals surface area contributed by atoms with Gasteiger partial charge >= 0.3 is 261 Å². The zero-order valence-electron chi connectivity index (χ0n) is 20.7. The van der Waals surface area contributed by atoms with Gasteiger partial charge in [0.1, 0.15) is 0 Å². The molecule has 6 heterocycles. The van der Waals surface area contributed by atoms with Gasteiger partial charge in [0.05, 0.1) is 0 Å². The zero-order valence-corrected chi connectivity index (χ0v) is 27.7. The first-order valence-electron chi connectivity index (χ1n) is 12.8. The second-order valence-electron chi connectivity index (χ2n) is 10.7. The summed E-state index contributed by atoms with van der Waals surface area (Å²) >= 11 is 8.35. The van der Waals surface area contributed by atoms with E-state index in [0.29, 0.717) is 18.4 Å². The van der Waals surface area contributed by atoms with Crippen LogP contribution in [0.15, 0.2) is 36.4 Å². The van der Waals surface area contributed by atoms with E-state index in [1.807, 2.05) is 0 Å². The second-order valence-corrected chi connectivity index (χ2v) is 29.3. The molecule has 206 valence electrons. The maximum absolute atomic E-state index is 15.8. The van der Waals surface area contributed by atoms with Gasteiger partial charge in [-0.1, -0.05) is 0 Å². The van der Waals surface area contributed by atoms with E-state index in [9.17, 15) is 15.0 Å². The van der Waals surface area contributed by atoms with Crippen LogP contribution in [0.4, 0.5) is 8.78 Å². The van der Waals surface area contributed by atoms with Crippen molar-refractivity contribution in [3.8, 4) is 23.0 Å². The Bertz CT molecular complexity index is 1770. The van der Waals surface area contributed by atoms with Crippen molar-refractivity contribution in [2.24, 2.45) is 0 Å². The molecule has 1 spiro atoms. The Morgan fingerprint density at radius 2 is 1.34 bits per heavy atom. The first-order valence-corrected chi connectivity index (χ1v) is 24.3. The molecule has 4 saturated heterocycles. The predicted molar refractivity (Wildman–Crippen MR) is 162 cm³/mol. The second kappa shape index (κ2) is 8.10. The quantitative estimate of drug-likeness (QED) is 0.134. The van der Waals surface area contributed by atoms with Gasteiger partial charge in [0.25, 0.3) is 0 Å². The van der Waals surface area contributed by atoms with Crippen LogP contribution in [0.3, 0.4) is 0 Å². The van der Waals surface area contributed by atoms with Gasteiger partial charge in [-0.2, -0.15) is 0 Å². The molecule has 5 nitrogen and oxygen atoms in total. The van der Waals surface area contributed by atoms with Crippen LogP contribution in [0.5, 0.6) is 23.0 Å². The molecule has 6 aliphatic heterocycles. The molecule has 4 unspecified atom stereocenters. The number of phenols is 2. The molecule has 9 rings (SSSR count). The van der Waals surface area contributed by atoms with Gasteiger partial charge in [0.15, 0.2) is 0 Å². The summed E-state index contributed by atoms with van der Waals surface area (Å²) in [5, 5.41) is 24.4. The van der Waals surface area contributed by atoms with Crippen molar-refractivity contribution in [3.05, 3.63) is 81.4 Å². The number of phenolic OH excluding ortho intramolecular Hbond substituents is 2. The number of ether oxygens (including phenoxy) is 2. The van der Waals surface area contributed by atoms with Gasteiger partial charge in [-0.15, -0.1) is 0 Å². The van der Waals surface area contributed by atoms with Crippen molar-refractivity contribution in [2.45, 2.75) is 35.9 Å². The first-order chi connectivity index (χ1) is 19.7. The molecule has 0 bridgehead atoms. The Morgan fingerprint density at radius 3 is 1.80 bits per heavy atom. The number of hydrogen-bond acceptors (Lipinski definition) is 9. The topological polar surface area (TPSA) is 76.0 Å². The Morgan fingerprint density at radius 1 is 0.829 bits per heavy atom. The van der Waals surface area contributed by atoms with Gasteiger partial charge < -0.3 is 0 Å². The summed E-state index contributed by atoms with van der Waals surface area (Å²) in [6, 6.07) is 9.01. The third-order valence-corrected chi connectivity index (χ3v) is 31.3. The summed E-state index contributed by atoms with van der Waals surface area (Å²) < 4.78 is 43.1. The van der Waals surface area contributed by atoms with E-state index < -0.39 is 68.8 Å². The van der Waals surface area contributed by atoms with Gasteiger partial charge in [-0.25, -0.2) is 0 Å². The van der Waals surface area contributed by atoms with Crippen molar-refractivity contribution >= 4 is 87.2 Å². The Hall–Kier alpha value is -1.61. The van der Waals surface area contributed by atoms with Gasteiger partial charge in [-0.3, -0.25) is 0 Å². The molecule has 0 aromatic heterocycles. The number of rotatable bonds is 2. The first kappa shape index (κ1) is 25.8. The monoisotopic (exact) mass is 748 g/mol. The average Bonchev–Trinajstić information content (AvgIpc) is 3.77. The third kappa shape index (κ3) is 2.90. The fraction of sp³-hybridized carbons (Fsp3) is 0.250. The Balaban J connectivity index is 1.43. The standard InChI is InChI=1S/C28H16As2F2O5S4/c31-15-9-13-23(19(21(15)33)27-17(38)5-7-29(27)40-27)36-24-14(26(13)12-4-2-1-3-11(12)25(35)37-26)10-16(32)22(34)20(24)28-18(39)6-8-30(28)41-28/h1-4,9-10,33-34H,5-8H2. The summed E-state index contributed by atoms with van der Waals surface area (Å²) in [7, 11) is 3.37. The number of halogens is 2. The number of thiocarbonyl (C=S) groups is 2. The molecule has 41 heavy (non-hydrogen) atoms. The van der Waals surface area contributed by atoms with Crippen molar-refractivity contribution < 1.29 is 33.3 Å². The van der Waals surface area contributed by atoms with Gasteiger partial charge in [0, 0.05) is 0 Å². The fourth-order valence-corrected chi connectivity index (χ4v) is 34.1. The van der Waals surface area contributed by atoms with Crippen LogP contribution in [0.2, 0.25) is 10.4 Å². The van der Waals surface area contributed by atoms with E-state index in [0.717, 1.165) is 32.3 Å². The molecular formula is C28H16As2F2O5S4. The number of carbonyl (C=O) groups is 1. The van der Waals surface area contributed by atoms with Crippen LogP contribution >= 0.6 is 44.5 Å². The molecule has 0 amide bonds. The number of carbonyl (C=O) groups excluding carboxylic acids is 1. The summed E-state index contributed by atoms with van der Waals surface area (Å²) in [5.41, 5.74) is -0.224. The van der Waals surface area contributed by atoms with Gasteiger partial charge in [-0.05, 0) is 0 Å². The summed E-state index contributed by atoms with van der Waals surface area (Å²) in [6.07, 6.45) is 1.43. The van der Waals surface area contributed by atoms with E-state index >= 15 is 8.78 Å². The molecule has 13 heteroatoms. The van der Waals surface area contributed by atoms with Crippen molar-refractivity contribution in [1.29, 1.82) is 0 Å². The van der Waals surface area contributed by atoms with E-state index in [1.54, 1.807) is 44.3 Å². The minimum atomic E-state index is -1.77. The molecule has 0 radical (unpaired) electrons. The molecule has 4 fully saturated rings. The summed E-state index contributed by atoms with van der Waals surface area (Å²) in [5.74, 6) is -3.18. The van der Waals surface area contributed by atoms with Crippen LogP contribution in [-0.2, 0) is 17.4 Å². The zero-order chi connectivity index (χ0) is 28.2. The Kier molecular flexibility index (Phi) is 5.11. The molecule has 4 atom stereocenters. The van der Waals surface area contributed by atoms with Crippen LogP contribution in [0.25, 0.3) is 0 Å². The molecule has 0 aliphatic carbocycles. The molecule has 2 N–H and O–H groups in total. The maximum atomic E-state index is 15.8. The van der Waals surface area contributed by atoms with Crippen LogP contribution in [0.1, 0.15) is 51.0 Å². The van der Waals surface area contributed by atoms with E-state index in [4.69, 9.17) is 33.9 Å². The minimum absolute atomic E-state index is 0.159. The number of benzene rings is 3. The molecule has 0 saturated carbocycles. The predicted octanol–water partition coefficient (Wildman–Crippen LogP) is 6.44. The fourth-order valence-electron chi connectivity index (χ4n) is 6.90. The third-order valence-electron chi connectivity index (χ3n) is 8.79. The number of esters is 1. The van der Waals surface area contributed by atoms with E-state index in [2.05, 4.69) is 0 Å². The van der Waals surface area contributed by atoms with E-state index in [1.165, 1.54) is 0 Å². The summed E-state index contributed by atoms with van der Waals surface area (Å²) in [4.78, 5) is 14.9. The number of hydrogen-bond donors (Lipinski definition) is 2. The number of aromatic hydroxyl groups is 2. The molecule has 3 aromatic carbocycles. The van der Waals surface area contributed by atoms with Crippen molar-refractivity contribution in [1.82, 2.24) is 0 Å². The molecule has 3 aromatic rings. The van der Waals surface area contributed by atoms with Gasteiger partial charge in [0.2, 0.25) is 0 Å². The average molecular weight is 749 g/mol. The SMILES string of the molecule is O=C1OC2(c3ccccc31)c1cc(F)c(O)c(C34S[As]3CCC4=S)c1Oc1c2cc(F)c(O)c1C12S[As]1CCC2=S. The molecule has 6 aliphatic rings. The van der Waals surface area contributed by atoms with Crippen LogP contribution < -0.4 is 4.74 Å². The van der Waals surface area contributed by atoms with Crippen molar-refractivity contribution in [3.63, 3.8) is 0 Å². The van der Waals surface area contributed by atoms with Crippen LogP contribution in [0, 0.1) is 11.6 Å². The number of fused-ring (bicyclic) bond motifs is 8. The van der Waals surface area contributed by atoms with E-state index in [-0.39, 0.29) is 39.3 Å².